The first-order valence-corrected chi connectivity index (χ1v) is 6.74. The molecule has 0 N–H and O–H groups in total. The summed E-state index contributed by atoms with van der Waals surface area (Å²) in [7, 11) is 2.09. The van der Waals surface area contributed by atoms with E-state index in [9.17, 15) is 4.79 Å². The van der Waals surface area contributed by atoms with E-state index in [1.807, 2.05) is 36.1 Å². The molecule has 19 heavy (non-hydrogen) atoms. The second-order valence-electron chi connectivity index (χ2n) is 5.27. The minimum absolute atomic E-state index is 0.0699. The first-order chi connectivity index (χ1) is 9.06. The van der Waals surface area contributed by atoms with Gasteiger partial charge in [0, 0.05) is 25.7 Å². The minimum atomic E-state index is 0.0699. The Balaban J connectivity index is 1.83. The fourth-order valence-corrected chi connectivity index (χ4v) is 2.15. The molecule has 1 unspecified atom stereocenters. The zero-order valence-electron chi connectivity index (χ0n) is 11.9. The number of nitrogens with zero attached hydrogens (tertiary/aromatic N) is 2. The van der Waals surface area contributed by atoms with Crippen LogP contribution in [0.15, 0.2) is 24.3 Å². The van der Waals surface area contributed by atoms with Gasteiger partial charge in [0.05, 0.1) is 0 Å². The van der Waals surface area contributed by atoms with Gasteiger partial charge in [0.2, 0.25) is 0 Å². The highest BCUT2D eigenvalue weighted by Gasteiger charge is 2.24. The summed E-state index contributed by atoms with van der Waals surface area (Å²) in [4.78, 5) is 16.2. The van der Waals surface area contributed by atoms with Crippen molar-refractivity contribution in [3.63, 3.8) is 0 Å². The number of ether oxygens (including phenoxy) is 1. The number of amides is 1. The van der Waals surface area contributed by atoms with Crippen molar-refractivity contribution in [2.24, 2.45) is 0 Å². The van der Waals surface area contributed by atoms with E-state index in [1.165, 1.54) is 5.56 Å². The highest BCUT2D eigenvalue weighted by atomic mass is 16.5. The number of hydrogen-bond donors (Lipinski definition) is 0. The summed E-state index contributed by atoms with van der Waals surface area (Å²) in [5.41, 5.74) is 1.19. The van der Waals surface area contributed by atoms with E-state index < -0.39 is 0 Å². The van der Waals surface area contributed by atoms with Crippen molar-refractivity contribution >= 4 is 5.91 Å². The van der Waals surface area contributed by atoms with Crippen molar-refractivity contribution in [1.29, 1.82) is 0 Å². The predicted molar refractivity (Wildman–Crippen MR) is 75.3 cm³/mol. The molecule has 1 aliphatic rings. The Morgan fingerprint density at radius 2 is 2.00 bits per heavy atom. The van der Waals surface area contributed by atoms with Crippen LogP contribution in [0.3, 0.4) is 0 Å². The molecule has 0 aliphatic carbocycles. The number of aryl methyl sites for hydroxylation is 1. The molecule has 0 radical (unpaired) electrons. The van der Waals surface area contributed by atoms with Crippen LogP contribution in [-0.2, 0) is 4.79 Å². The Morgan fingerprint density at radius 1 is 1.32 bits per heavy atom. The Labute approximate surface area is 115 Å². The van der Waals surface area contributed by atoms with E-state index in [-0.39, 0.29) is 12.5 Å². The molecule has 2 rings (SSSR count). The summed E-state index contributed by atoms with van der Waals surface area (Å²) in [6.07, 6.45) is 0. The molecule has 1 aromatic rings. The molecule has 0 saturated carbocycles. The maximum Gasteiger partial charge on any atom is 0.260 e. The molecule has 1 aliphatic heterocycles. The third-order valence-corrected chi connectivity index (χ3v) is 3.70. The average molecular weight is 262 g/mol. The van der Waals surface area contributed by atoms with Crippen LogP contribution in [0.5, 0.6) is 5.75 Å². The zero-order valence-corrected chi connectivity index (χ0v) is 11.9. The summed E-state index contributed by atoms with van der Waals surface area (Å²) in [5.74, 6) is 0.821. The van der Waals surface area contributed by atoms with Crippen LogP contribution < -0.4 is 4.74 Å². The van der Waals surface area contributed by atoms with Gasteiger partial charge in [0.1, 0.15) is 5.75 Å². The van der Waals surface area contributed by atoms with Crippen LogP contribution in [0.25, 0.3) is 0 Å². The van der Waals surface area contributed by atoms with E-state index in [2.05, 4.69) is 18.9 Å². The maximum atomic E-state index is 12.1. The van der Waals surface area contributed by atoms with E-state index in [1.54, 1.807) is 0 Å². The average Bonchev–Trinajstić information content (AvgIpc) is 2.41. The van der Waals surface area contributed by atoms with E-state index in [0.29, 0.717) is 6.04 Å². The third kappa shape index (κ3) is 3.70. The molecular formula is C15H22N2O2. The highest BCUT2D eigenvalue weighted by Crippen LogP contribution is 2.12. The van der Waals surface area contributed by atoms with E-state index in [0.717, 1.165) is 25.4 Å². The Bertz CT molecular complexity index is 430. The second-order valence-corrected chi connectivity index (χ2v) is 5.27. The van der Waals surface area contributed by atoms with Crippen molar-refractivity contribution in [1.82, 2.24) is 9.80 Å². The first kappa shape index (κ1) is 13.9. The molecule has 1 amide bonds. The Hall–Kier alpha value is -1.55. The fraction of sp³-hybridized carbons (Fsp3) is 0.533. The third-order valence-electron chi connectivity index (χ3n) is 3.70. The summed E-state index contributed by atoms with van der Waals surface area (Å²) in [5, 5.41) is 0. The lowest BCUT2D eigenvalue weighted by atomic mass is 10.2. The number of carbonyl (C=O) groups excluding carboxylic acids is 1. The molecule has 0 aromatic heterocycles. The van der Waals surface area contributed by atoms with Crippen LogP contribution in [0.2, 0.25) is 0 Å². The molecule has 4 heteroatoms. The van der Waals surface area contributed by atoms with Gasteiger partial charge in [0.25, 0.3) is 5.91 Å². The quantitative estimate of drug-likeness (QED) is 0.828. The SMILES string of the molecule is Cc1ccc(OCC(=O)N2CCN(C)C(C)C2)cc1. The summed E-state index contributed by atoms with van der Waals surface area (Å²) in [6, 6.07) is 8.18. The zero-order chi connectivity index (χ0) is 13.8. The lowest BCUT2D eigenvalue weighted by Gasteiger charge is -2.37. The van der Waals surface area contributed by atoms with Gasteiger partial charge in [-0.15, -0.1) is 0 Å². The van der Waals surface area contributed by atoms with E-state index >= 15 is 0 Å². The summed E-state index contributed by atoms with van der Waals surface area (Å²) < 4.78 is 5.53. The number of likely N-dealkylation sites (N-methyl/N-ethyl adjacent to an activating group) is 1. The molecule has 0 spiro atoms. The summed E-state index contributed by atoms with van der Waals surface area (Å²) >= 11 is 0. The molecule has 1 atom stereocenters. The highest BCUT2D eigenvalue weighted by molar-refractivity contribution is 5.78. The van der Waals surface area contributed by atoms with Crippen LogP contribution in [0, 0.1) is 6.92 Å². The van der Waals surface area contributed by atoms with Crippen LogP contribution in [0.4, 0.5) is 0 Å². The smallest absolute Gasteiger partial charge is 0.260 e. The number of piperazine rings is 1. The number of rotatable bonds is 3. The van der Waals surface area contributed by atoms with E-state index in [4.69, 9.17) is 4.74 Å². The maximum absolute atomic E-state index is 12.1. The van der Waals surface area contributed by atoms with Gasteiger partial charge >= 0.3 is 0 Å². The predicted octanol–water partition coefficient (Wildman–Crippen LogP) is 1.54. The molecule has 104 valence electrons. The Morgan fingerprint density at radius 3 is 2.63 bits per heavy atom. The Kier molecular flexibility index (Phi) is 4.43. The van der Waals surface area contributed by atoms with Crippen molar-refractivity contribution in [2.45, 2.75) is 19.9 Å². The fourth-order valence-electron chi connectivity index (χ4n) is 2.15. The van der Waals surface area contributed by atoms with Crippen molar-refractivity contribution in [3.8, 4) is 5.75 Å². The van der Waals surface area contributed by atoms with Gasteiger partial charge in [0.15, 0.2) is 6.61 Å². The second kappa shape index (κ2) is 6.06. The molecular weight excluding hydrogens is 240 g/mol. The van der Waals surface area contributed by atoms with Crippen LogP contribution >= 0.6 is 0 Å². The van der Waals surface area contributed by atoms with Gasteiger partial charge < -0.3 is 14.5 Å². The van der Waals surface area contributed by atoms with Crippen molar-refractivity contribution in [2.75, 3.05) is 33.3 Å². The first-order valence-electron chi connectivity index (χ1n) is 6.74. The van der Waals surface area contributed by atoms with Crippen molar-refractivity contribution < 1.29 is 9.53 Å². The molecule has 1 aromatic carbocycles. The summed E-state index contributed by atoms with van der Waals surface area (Å²) in [6.45, 7) is 6.79. The van der Waals surface area contributed by atoms with Gasteiger partial charge in [-0.05, 0) is 33.0 Å². The lowest BCUT2D eigenvalue weighted by molar-refractivity contribution is -0.135. The molecule has 4 nitrogen and oxygen atoms in total. The molecule has 1 fully saturated rings. The number of benzene rings is 1. The van der Waals surface area contributed by atoms with Crippen LogP contribution in [0.1, 0.15) is 12.5 Å². The van der Waals surface area contributed by atoms with Gasteiger partial charge in [-0.3, -0.25) is 4.79 Å². The topological polar surface area (TPSA) is 32.8 Å². The molecule has 0 bridgehead atoms. The minimum Gasteiger partial charge on any atom is -0.484 e. The van der Waals surface area contributed by atoms with Gasteiger partial charge in [-0.2, -0.15) is 0 Å². The van der Waals surface area contributed by atoms with Gasteiger partial charge in [-0.25, -0.2) is 0 Å². The molecule has 1 saturated heterocycles. The number of carbonyl (C=O) groups is 1. The van der Waals surface area contributed by atoms with Gasteiger partial charge in [-0.1, -0.05) is 17.7 Å². The lowest BCUT2D eigenvalue weighted by Crippen LogP contribution is -2.53. The largest absolute Gasteiger partial charge is 0.484 e. The normalized spacial score (nSPS) is 20.4. The van der Waals surface area contributed by atoms with Crippen molar-refractivity contribution in [3.05, 3.63) is 29.8 Å². The molecule has 1 heterocycles. The standard InChI is InChI=1S/C15H22N2O2/c1-12-4-6-14(7-5-12)19-11-15(18)17-9-8-16(3)13(2)10-17/h4-7,13H,8-11H2,1-3H3. The number of hydrogen-bond acceptors (Lipinski definition) is 3. The monoisotopic (exact) mass is 262 g/mol. The van der Waals surface area contributed by atoms with Crippen LogP contribution in [-0.4, -0.2) is 55.0 Å².